The molecule has 0 bridgehead atoms. The number of hydrogen-bond acceptors (Lipinski definition) is 4. The molecule has 1 aromatic carbocycles. The van der Waals surface area contributed by atoms with E-state index >= 15 is 0 Å². The summed E-state index contributed by atoms with van der Waals surface area (Å²) in [5, 5.41) is 9.63. The average Bonchev–Trinajstić information content (AvgIpc) is 2.78. The highest BCUT2D eigenvalue weighted by atomic mass is 16.5. The first-order valence-corrected chi connectivity index (χ1v) is 6.62. The quantitative estimate of drug-likeness (QED) is 0.826. The lowest BCUT2D eigenvalue weighted by Crippen LogP contribution is -2.61. The first-order chi connectivity index (χ1) is 9.30. The second-order valence-corrected chi connectivity index (χ2v) is 5.66. The van der Waals surface area contributed by atoms with Gasteiger partial charge in [0.25, 0.3) is 0 Å². The summed E-state index contributed by atoms with van der Waals surface area (Å²) in [5.74, 6) is 0. The third-order valence-corrected chi connectivity index (χ3v) is 4.92. The van der Waals surface area contributed by atoms with Crippen molar-refractivity contribution in [3.05, 3.63) is 30.2 Å². The number of aromatic nitrogens is 1. The molecule has 2 heterocycles. The Kier molecular flexibility index (Phi) is 2.07. The molecule has 1 aromatic heterocycles. The van der Waals surface area contributed by atoms with Gasteiger partial charge in [0.1, 0.15) is 5.52 Å². The molecule has 19 heavy (non-hydrogen) atoms. The van der Waals surface area contributed by atoms with Crippen LogP contribution >= 0.6 is 0 Å². The Balaban J connectivity index is 1.86. The molecule has 0 N–H and O–H groups in total. The molecule has 0 amide bonds. The van der Waals surface area contributed by atoms with Crippen molar-refractivity contribution in [2.75, 3.05) is 13.2 Å². The molecule has 4 nitrogen and oxygen atoms in total. The van der Waals surface area contributed by atoms with Crippen LogP contribution in [0.2, 0.25) is 0 Å². The summed E-state index contributed by atoms with van der Waals surface area (Å²) < 4.78 is 10.9. The van der Waals surface area contributed by atoms with Gasteiger partial charge in [0, 0.05) is 0 Å². The predicted octanol–water partition coefficient (Wildman–Crippen LogP) is 2.79. The van der Waals surface area contributed by atoms with Crippen molar-refractivity contribution in [2.24, 2.45) is 5.41 Å². The maximum Gasteiger partial charge on any atom is 0.181 e. The number of fused-ring (bicyclic) bond motifs is 1. The zero-order valence-electron chi connectivity index (χ0n) is 10.6. The minimum absolute atomic E-state index is 0.152. The topological polar surface area (TPSA) is 59.0 Å². The molecule has 0 radical (unpaired) electrons. The van der Waals surface area contributed by atoms with Crippen LogP contribution in [-0.2, 0) is 10.2 Å². The lowest BCUT2D eigenvalue weighted by atomic mass is 9.50. The third-order valence-electron chi connectivity index (χ3n) is 4.92. The van der Waals surface area contributed by atoms with Crippen molar-refractivity contribution in [3.63, 3.8) is 0 Å². The molecular weight excluding hydrogens is 240 g/mol. The smallest absolute Gasteiger partial charge is 0.181 e. The first kappa shape index (κ1) is 11.0. The Bertz CT molecular complexity index is 675. The van der Waals surface area contributed by atoms with Gasteiger partial charge < -0.3 is 9.15 Å². The SMILES string of the molecule is N#CC1(C2(c3ccc4ncoc4c3)COC2)CCC1. The molecule has 2 fully saturated rings. The van der Waals surface area contributed by atoms with E-state index in [1.165, 1.54) is 6.39 Å². The third kappa shape index (κ3) is 1.23. The summed E-state index contributed by atoms with van der Waals surface area (Å²) in [6.45, 7) is 1.28. The molecule has 1 saturated heterocycles. The van der Waals surface area contributed by atoms with E-state index in [4.69, 9.17) is 9.15 Å². The van der Waals surface area contributed by atoms with Gasteiger partial charge in [-0.15, -0.1) is 0 Å². The van der Waals surface area contributed by atoms with Crippen molar-refractivity contribution in [1.29, 1.82) is 5.26 Å². The average molecular weight is 254 g/mol. The number of nitriles is 1. The second-order valence-electron chi connectivity index (χ2n) is 5.66. The first-order valence-electron chi connectivity index (χ1n) is 6.62. The molecule has 0 spiro atoms. The zero-order chi connectivity index (χ0) is 12.9. The molecule has 96 valence electrons. The standard InChI is InChI=1S/C15H14N2O2/c16-7-14(4-1-5-14)15(8-18-9-15)11-2-3-12-13(6-11)19-10-17-12/h2-3,6,10H,1,4-5,8-9H2. The second kappa shape index (κ2) is 3.58. The Labute approximate surface area is 111 Å². The van der Waals surface area contributed by atoms with Gasteiger partial charge in [-0.25, -0.2) is 4.98 Å². The van der Waals surface area contributed by atoms with Gasteiger partial charge in [-0.05, 0) is 30.5 Å². The highest BCUT2D eigenvalue weighted by Crippen LogP contribution is 2.58. The largest absolute Gasteiger partial charge is 0.443 e. The Morgan fingerprint density at radius 2 is 2.11 bits per heavy atom. The monoisotopic (exact) mass is 254 g/mol. The van der Waals surface area contributed by atoms with Crippen LogP contribution in [0.4, 0.5) is 0 Å². The Hall–Kier alpha value is -1.86. The van der Waals surface area contributed by atoms with Crippen LogP contribution in [0, 0.1) is 16.7 Å². The molecular formula is C15H14N2O2. The van der Waals surface area contributed by atoms with Crippen LogP contribution in [0.3, 0.4) is 0 Å². The molecule has 4 heteroatoms. The number of benzene rings is 1. The van der Waals surface area contributed by atoms with E-state index in [-0.39, 0.29) is 10.8 Å². The maximum absolute atomic E-state index is 9.63. The van der Waals surface area contributed by atoms with Crippen LogP contribution in [-0.4, -0.2) is 18.2 Å². The molecule has 2 aromatic rings. The van der Waals surface area contributed by atoms with E-state index < -0.39 is 0 Å². The number of nitrogens with zero attached hydrogens (tertiary/aromatic N) is 2. The number of ether oxygens (including phenoxy) is 1. The molecule has 4 rings (SSSR count). The number of hydrogen-bond donors (Lipinski definition) is 0. The van der Waals surface area contributed by atoms with Crippen LogP contribution in [0.15, 0.2) is 29.0 Å². The van der Waals surface area contributed by atoms with Crippen molar-refractivity contribution in [3.8, 4) is 6.07 Å². The molecule has 0 atom stereocenters. The van der Waals surface area contributed by atoms with E-state index in [1.807, 2.05) is 12.1 Å². The van der Waals surface area contributed by atoms with E-state index in [0.717, 1.165) is 35.9 Å². The fourth-order valence-electron chi connectivity index (χ4n) is 3.41. The highest BCUT2D eigenvalue weighted by Gasteiger charge is 2.60. The van der Waals surface area contributed by atoms with Gasteiger partial charge in [-0.1, -0.05) is 12.5 Å². The maximum atomic E-state index is 9.63. The van der Waals surface area contributed by atoms with Crippen LogP contribution in [0.1, 0.15) is 24.8 Å². The summed E-state index contributed by atoms with van der Waals surface area (Å²) in [6.07, 6.45) is 4.55. The van der Waals surface area contributed by atoms with Crippen LogP contribution < -0.4 is 0 Å². The summed E-state index contributed by atoms with van der Waals surface area (Å²) in [4.78, 5) is 4.14. The molecule has 0 unspecified atom stereocenters. The summed E-state index contributed by atoms with van der Waals surface area (Å²) >= 11 is 0. The van der Waals surface area contributed by atoms with E-state index in [1.54, 1.807) is 0 Å². The normalized spacial score (nSPS) is 23.3. The minimum Gasteiger partial charge on any atom is -0.443 e. The molecule has 1 saturated carbocycles. The molecule has 2 aliphatic rings. The van der Waals surface area contributed by atoms with Gasteiger partial charge in [-0.2, -0.15) is 5.26 Å². The fraction of sp³-hybridized carbons (Fsp3) is 0.467. The molecule has 1 aliphatic carbocycles. The number of rotatable bonds is 2. The number of oxazole rings is 1. The fourth-order valence-corrected chi connectivity index (χ4v) is 3.41. The molecule has 1 aliphatic heterocycles. The summed E-state index contributed by atoms with van der Waals surface area (Å²) in [5.41, 5.74) is 2.40. The van der Waals surface area contributed by atoms with E-state index in [0.29, 0.717) is 13.2 Å². The van der Waals surface area contributed by atoms with Crippen molar-refractivity contribution < 1.29 is 9.15 Å². The van der Waals surface area contributed by atoms with Gasteiger partial charge in [0.15, 0.2) is 12.0 Å². The Morgan fingerprint density at radius 1 is 1.26 bits per heavy atom. The zero-order valence-corrected chi connectivity index (χ0v) is 10.6. The van der Waals surface area contributed by atoms with Gasteiger partial charge in [0.2, 0.25) is 0 Å². The van der Waals surface area contributed by atoms with Crippen molar-refractivity contribution >= 4 is 11.1 Å². The van der Waals surface area contributed by atoms with Gasteiger partial charge in [0.05, 0.1) is 30.1 Å². The summed E-state index contributed by atoms with van der Waals surface area (Å²) in [7, 11) is 0. The minimum atomic E-state index is -0.251. The van der Waals surface area contributed by atoms with E-state index in [2.05, 4.69) is 17.1 Å². The van der Waals surface area contributed by atoms with Crippen LogP contribution in [0.25, 0.3) is 11.1 Å². The van der Waals surface area contributed by atoms with E-state index in [9.17, 15) is 5.26 Å². The van der Waals surface area contributed by atoms with Gasteiger partial charge in [-0.3, -0.25) is 0 Å². The van der Waals surface area contributed by atoms with Crippen molar-refractivity contribution in [2.45, 2.75) is 24.7 Å². The summed E-state index contributed by atoms with van der Waals surface area (Å²) in [6, 6.07) is 8.65. The lowest BCUT2D eigenvalue weighted by molar-refractivity contribution is -0.134. The highest BCUT2D eigenvalue weighted by molar-refractivity contribution is 5.73. The van der Waals surface area contributed by atoms with Crippen LogP contribution in [0.5, 0.6) is 0 Å². The predicted molar refractivity (Wildman–Crippen MR) is 68.4 cm³/mol. The van der Waals surface area contributed by atoms with Gasteiger partial charge >= 0.3 is 0 Å². The lowest BCUT2D eigenvalue weighted by Gasteiger charge is -2.56. The van der Waals surface area contributed by atoms with Crippen molar-refractivity contribution in [1.82, 2.24) is 4.98 Å². The Morgan fingerprint density at radius 3 is 2.68 bits per heavy atom.